The first-order valence-electron chi connectivity index (χ1n) is 5.82. The molecule has 5 nitrogen and oxygen atoms in total. The normalized spacial score (nSPS) is 9.81. The third kappa shape index (κ3) is 3.28. The highest BCUT2D eigenvalue weighted by molar-refractivity contribution is 6.31. The average Bonchev–Trinajstić information content (AvgIpc) is 2.49. The van der Waals surface area contributed by atoms with Crippen LogP contribution in [0.3, 0.4) is 0 Å². The fraction of sp³-hybridized carbons (Fsp3) is 0. The van der Waals surface area contributed by atoms with E-state index in [1.165, 1.54) is 18.2 Å². The van der Waals surface area contributed by atoms with Crippen LogP contribution in [-0.2, 0) is 0 Å². The molecule has 0 aliphatic rings. The van der Waals surface area contributed by atoms with E-state index in [1.807, 2.05) is 0 Å². The molecule has 0 radical (unpaired) electrons. The lowest BCUT2D eigenvalue weighted by Gasteiger charge is -2.10. The van der Waals surface area contributed by atoms with Crippen molar-refractivity contribution in [1.29, 1.82) is 5.26 Å². The van der Waals surface area contributed by atoms with Crippen molar-refractivity contribution in [2.45, 2.75) is 0 Å². The molecule has 0 saturated heterocycles. The van der Waals surface area contributed by atoms with Crippen molar-refractivity contribution in [2.75, 3.05) is 10.7 Å². The summed E-state index contributed by atoms with van der Waals surface area (Å²) in [5.41, 5.74) is 3.14. The van der Waals surface area contributed by atoms with E-state index < -0.39 is 11.7 Å². The highest BCUT2D eigenvalue weighted by Crippen LogP contribution is 2.22. The number of halogens is 2. The van der Waals surface area contributed by atoms with Gasteiger partial charge in [-0.15, -0.1) is 0 Å². The number of rotatable bonds is 3. The molecule has 0 aromatic heterocycles. The lowest BCUT2D eigenvalue weighted by Crippen LogP contribution is -2.17. The number of hydrogen-bond donors (Lipinski definition) is 3. The first kappa shape index (κ1) is 14.8. The summed E-state index contributed by atoms with van der Waals surface area (Å²) in [6, 6.07) is 9.99. The molecule has 1 amide bonds. The Hall–Kier alpha value is -2.62. The highest BCUT2D eigenvalue weighted by atomic mass is 35.5. The minimum atomic E-state index is -0.650. The van der Waals surface area contributed by atoms with Crippen LogP contribution >= 0.6 is 11.6 Å². The van der Waals surface area contributed by atoms with Crippen LogP contribution in [0.15, 0.2) is 36.4 Å². The van der Waals surface area contributed by atoms with Crippen molar-refractivity contribution in [1.82, 2.24) is 0 Å². The maximum absolute atomic E-state index is 13.2. The standard InChI is InChI=1S/C14H10ClFN4O/c15-9-1-4-13(20-18)11(6-9)14(21)19-10-2-3-12(16)8(5-10)7-17/h1-6,20H,18H2,(H,19,21). The smallest absolute Gasteiger partial charge is 0.257 e. The van der Waals surface area contributed by atoms with Crippen LogP contribution in [0.2, 0.25) is 5.02 Å². The summed E-state index contributed by atoms with van der Waals surface area (Å²) >= 11 is 5.85. The molecule has 2 rings (SSSR count). The largest absolute Gasteiger partial charge is 0.323 e. The van der Waals surface area contributed by atoms with E-state index in [-0.39, 0.29) is 11.1 Å². The van der Waals surface area contributed by atoms with Gasteiger partial charge in [-0.05, 0) is 36.4 Å². The van der Waals surface area contributed by atoms with Gasteiger partial charge in [-0.2, -0.15) is 5.26 Å². The molecular formula is C14H10ClFN4O. The molecule has 0 unspecified atom stereocenters. The molecule has 0 bridgehead atoms. The number of nitriles is 1. The fourth-order valence-corrected chi connectivity index (χ4v) is 1.89. The molecule has 0 heterocycles. The molecule has 4 N–H and O–H groups in total. The minimum absolute atomic E-state index is 0.156. The Kier molecular flexibility index (Phi) is 4.38. The second-order valence-corrected chi connectivity index (χ2v) is 4.53. The van der Waals surface area contributed by atoms with Crippen LogP contribution in [0.4, 0.5) is 15.8 Å². The maximum atomic E-state index is 13.2. The zero-order chi connectivity index (χ0) is 15.4. The maximum Gasteiger partial charge on any atom is 0.257 e. The number of nitrogen functional groups attached to an aromatic ring is 1. The van der Waals surface area contributed by atoms with Gasteiger partial charge in [-0.1, -0.05) is 11.6 Å². The van der Waals surface area contributed by atoms with Crippen molar-refractivity contribution in [3.05, 3.63) is 58.4 Å². The van der Waals surface area contributed by atoms with Gasteiger partial charge in [-0.25, -0.2) is 4.39 Å². The SMILES string of the molecule is N#Cc1cc(NC(=O)c2cc(Cl)ccc2NN)ccc1F. The summed E-state index contributed by atoms with van der Waals surface area (Å²) in [5.74, 6) is 4.20. The van der Waals surface area contributed by atoms with Gasteiger partial charge in [-0.3, -0.25) is 10.6 Å². The van der Waals surface area contributed by atoms with E-state index in [0.29, 0.717) is 16.4 Å². The molecule has 0 saturated carbocycles. The van der Waals surface area contributed by atoms with Gasteiger partial charge in [0, 0.05) is 10.7 Å². The predicted molar refractivity (Wildman–Crippen MR) is 78.3 cm³/mol. The van der Waals surface area contributed by atoms with Gasteiger partial charge >= 0.3 is 0 Å². The second kappa shape index (κ2) is 6.22. The second-order valence-electron chi connectivity index (χ2n) is 4.09. The van der Waals surface area contributed by atoms with E-state index in [2.05, 4.69) is 10.7 Å². The zero-order valence-corrected chi connectivity index (χ0v) is 11.4. The van der Waals surface area contributed by atoms with Crippen LogP contribution in [0, 0.1) is 17.1 Å². The summed E-state index contributed by atoms with van der Waals surface area (Å²) in [7, 11) is 0. The van der Waals surface area contributed by atoms with Crippen LogP contribution < -0.4 is 16.6 Å². The highest BCUT2D eigenvalue weighted by Gasteiger charge is 2.13. The van der Waals surface area contributed by atoms with Gasteiger partial charge in [0.15, 0.2) is 0 Å². The molecule has 21 heavy (non-hydrogen) atoms. The van der Waals surface area contributed by atoms with Gasteiger partial charge in [0.2, 0.25) is 0 Å². The molecule has 0 aliphatic carbocycles. The Morgan fingerprint density at radius 3 is 2.71 bits per heavy atom. The van der Waals surface area contributed by atoms with Crippen LogP contribution in [-0.4, -0.2) is 5.91 Å². The predicted octanol–water partition coefficient (Wildman–Crippen LogP) is 2.89. The van der Waals surface area contributed by atoms with Crippen LogP contribution in [0.5, 0.6) is 0 Å². The van der Waals surface area contributed by atoms with Crippen molar-refractivity contribution in [3.63, 3.8) is 0 Å². The first-order valence-corrected chi connectivity index (χ1v) is 6.20. The van der Waals surface area contributed by atoms with Crippen LogP contribution in [0.1, 0.15) is 15.9 Å². The Balaban J connectivity index is 2.30. The number of nitrogens with two attached hydrogens (primary N) is 1. The lowest BCUT2D eigenvalue weighted by molar-refractivity contribution is 0.102. The number of benzene rings is 2. The Bertz CT molecular complexity index is 742. The summed E-state index contributed by atoms with van der Waals surface area (Å²) < 4.78 is 13.2. The molecule has 2 aromatic carbocycles. The van der Waals surface area contributed by atoms with Crippen molar-refractivity contribution < 1.29 is 9.18 Å². The number of amides is 1. The first-order chi connectivity index (χ1) is 10.0. The van der Waals surface area contributed by atoms with Gasteiger partial charge in [0.05, 0.1) is 16.8 Å². The number of carbonyl (C=O) groups excluding carboxylic acids is 1. The third-order valence-corrected chi connectivity index (χ3v) is 2.96. The Labute approximate surface area is 125 Å². The van der Waals surface area contributed by atoms with E-state index in [4.69, 9.17) is 22.7 Å². The fourth-order valence-electron chi connectivity index (χ4n) is 1.72. The number of hydrazine groups is 1. The van der Waals surface area contributed by atoms with Crippen molar-refractivity contribution in [3.8, 4) is 6.07 Å². The van der Waals surface area contributed by atoms with E-state index in [9.17, 15) is 9.18 Å². The third-order valence-electron chi connectivity index (χ3n) is 2.73. The van der Waals surface area contributed by atoms with Gasteiger partial charge in [0.25, 0.3) is 5.91 Å². The summed E-state index contributed by atoms with van der Waals surface area (Å²) in [4.78, 5) is 12.2. The van der Waals surface area contributed by atoms with Gasteiger partial charge < -0.3 is 10.7 Å². The molecule has 0 spiro atoms. The van der Waals surface area contributed by atoms with E-state index in [0.717, 1.165) is 6.07 Å². The summed E-state index contributed by atoms with van der Waals surface area (Å²) in [5, 5.41) is 11.7. The average molecular weight is 305 g/mol. The van der Waals surface area contributed by atoms with Crippen molar-refractivity contribution in [2.24, 2.45) is 5.84 Å². The number of carbonyl (C=O) groups is 1. The zero-order valence-electron chi connectivity index (χ0n) is 10.7. The monoisotopic (exact) mass is 304 g/mol. The molecule has 0 aliphatic heterocycles. The molecule has 0 fully saturated rings. The minimum Gasteiger partial charge on any atom is -0.323 e. The lowest BCUT2D eigenvalue weighted by atomic mass is 10.1. The van der Waals surface area contributed by atoms with Gasteiger partial charge in [0.1, 0.15) is 11.9 Å². The van der Waals surface area contributed by atoms with Crippen LogP contribution in [0.25, 0.3) is 0 Å². The quantitative estimate of drug-likeness (QED) is 0.600. The number of anilines is 2. The van der Waals surface area contributed by atoms with E-state index in [1.54, 1.807) is 18.2 Å². The summed E-state index contributed by atoms with van der Waals surface area (Å²) in [6.07, 6.45) is 0. The molecule has 7 heteroatoms. The number of hydrogen-bond acceptors (Lipinski definition) is 4. The Morgan fingerprint density at radius 2 is 2.05 bits per heavy atom. The molecule has 0 atom stereocenters. The van der Waals surface area contributed by atoms with Crippen molar-refractivity contribution >= 4 is 28.9 Å². The topological polar surface area (TPSA) is 90.9 Å². The Morgan fingerprint density at radius 1 is 1.29 bits per heavy atom. The molecule has 2 aromatic rings. The van der Waals surface area contributed by atoms with E-state index >= 15 is 0 Å². The molecular weight excluding hydrogens is 295 g/mol. The summed E-state index contributed by atoms with van der Waals surface area (Å²) in [6.45, 7) is 0. The number of nitrogens with zero attached hydrogens (tertiary/aromatic N) is 1. The number of nitrogens with one attached hydrogen (secondary N) is 2. The molecule has 106 valence electrons.